The van der Waals surface area contributed by atoms with E-state index in [9.17, 15) is 9.90 Å². The Kier molecular flexibility index (Phi) is 6.93. The van der Waals surface area contributed by atoms with Gasteiger partial charge in [0.2, 0.25) is 5.88 Å². The van der Waals surface area contributed by atoms with Crippen molar-refractivity contribution in [2.75, 3.05) is 34.9 Å². The molecule has 12 heteroatoms. The molecule has 196 valence electrons. The molecule has 2 N–H and O–H groups in total. The second-order valence-corrected chi connectivity index (χ2v) is 9.97. The molecule has 0 aliphatic carbocycles. The summed E-state index contributed by atoms with van der Waals surface area (Å²) in [6.07, 6.45) is 7.35. The average Bonchev–Trinajstić information content (AvgIpc) is 3.33. The van der Waals surface area contributed by atoms with E-state index >= 15 is 0 Å². The molecular weight excluding hydrogens is 498 g/mol. The minimum Gasteiger partial charge on any atom is -0.478 e. The summed E-state index contributed by atoms with van der Waals surface area (Å²) >= 11 is 6.57. The Morgan fingerprint density at radius 3 is 2.81 bits per heavy atom. The van der Waals surface area contributed by atoms with E-state index in [1.807, 2.05) is 19.3 Å². The van der Waals surface area contributed by atoms with Crippen molar-refractivity contribution in [2.45, 2.75) is 45.1 Å². The van der Waals surface area contributed by atoms with Crippen LogP contribution in [-0.2, 0) is 11.8 Å². The van der Waals surface area contributed by atoms with Crippen LogP contribution in [0, 0.1) is 0 Å². The average molecular weight is 528 g/mol. The molecule has 2 aliphatic heterocycles. The third-order valence-electron chi connectivity index (χ3n) is 6.19. The largest absolute Gasteiger partial charge is 0.478 e. The van der Waals surface area contributed by atoms with Crippen LogP contribution in [0.2, 0.25) is 5.02 Å². The smallest absolute Gasteiger partial charge is 0.329 e. The van der Waals surface area contributed by atoms with Crippen molar-refractivity contribution in [3.05, 3.63) is 41.8 Å². The van der Waals surface area contributed by atoms with Gasteiger partial charge in [-0.25, -0.2) is 14.8 Å². The molecule has 0 bridgehead atoms. The van der Waals surface area contributed by atoms with Gasteiger partial charge in [-0.3, -0.25) is 9.58 Å². The molecule has 0 radical (unpaired) electrons. The standard InChI is InChI=1S/C25H30ClN7O4/c1-25(2,35)37-11-5-4-10-36-20-12-17(6-8-27-20)29-24(34)33-21-7-9-32(21)19-13-18(26)22(30-23(19)33)16-14-28-31(3)15-16/h6,8,12-15,21,35H,4-5,7,9-11H2,1-3H3,(H,27,29,34)/t21-/m0/s1. The number of aliphatic hydroxyl groups is 1. The number of fused-ring (bicyclic) bond motifs is 3. The lowest BCUT2D eigenvalue weighted by atomic mass is 10.1. The fourth-order valence-corrected chi connectivity index (χ4v) is 4.61. The molecular formula is C25H30ClN7O4. The van der Waals surface area contributed by atoms with Crippen molar-refractivity contribution in [1.82, 2.24) is 19.7 Å². The number of halogens is 1. The van der Waals surface area contributed by atoms with Crippen molar-refractivity contribution in [2.24, 2.45) is 7.05 Å². The van der Waals surface area contributed by atoms with E-state index in [0.717, 1.165) is 37.1 Å². The number of hydrogen-bond acceptors (Lipinski definition) is 8. The van der Waals surface area contributed by atoms with Crippen LogP contribution in [0.15, 0.2) is 36.8 Å². The van der Waals surface area contributed by atoms with Crippen LogP contribution in [-0.4, -0.2) is 62.6 Å². The molecule has 1 fully saturated rings. The highest BCUT2D eigenvalue weighted by atomic mass is 35.5. The summed E-state index contributed by atoms with van der Waals surface area (Å²) in [6, 6.07) is 4.99. The summed E-state index contributed by atoms with van der Waals surface area (Å²) in [5.41, 5.74) is 2.78. The third kappa shape index (κ3) is 5.48. The molecule has 37 heavy (non-hydrogen) atoms. The zero-order chi connectivity index (χ0) is 26.2. The number of aryl methyl sites for hydroxylation is 1. The van der Waals surface area contributed by atoms with Gasteiger partial charge in [-0.1, -0.05) is 11.6 Å². The van der Waals surface area contributed by atoms with Crippen LogP contribution in [0.5, 0.6) is 5.88 Å². The van der Waals surface area contributed by atoms with Crippen molar-refractivity contribution in [1.29, 1.82) is 0 Å². The zero-order valence-electron chi connectivity index (χ0n) is 21.0. The third-order valence-corrected chi connectivity index (χ3v) is 6.48. The zero-order valence-corrected chi connectivity index (χ0v) is 21.8. The number of nitrogens with zero attached hydrogens (tertiary/aromatic N) is 6. The van der Waals surface area contributed by atoms with E-state index in [1.165, 1.54) is 0 Å². The molecule has 5 heterocycles. The van der Waals surface area contributed by atoms with Gasteiger partial charge in [0.25, 0.3) is 0 Å². The quantitative estimate of drug-likeness (QED) is 0.316. The van der Waals surface area contributed by atoms with Crippen LogP contribution in [0.4, 0.5) is 22.0 Å². The Balaban J connectivity index is 1.25. The first-order chi connectivity index (χ1) is 17.7. The van der Waals surface area contributed by atoms with Crippen molar-refractivity contribution in [3.63, 3.8) is 0 Å². The lowest BCUT2D eigenvalue weighted by Gasteiger charge is -2.39. The molecule has 2 amide bonds. The van der Waals surface area contributed by atoms with Crippen molar-refractivity contribution >= 4 is 34.8 Å². The Bertz CT molecular complexity index is 1290. The number of carbonyl (C=O) groups is 1. The Morgan fingerprint density at radius 2 is 2.11 bits per heavy atom. The highest BCUT2D eigenvalue weighted by molar-refractivity contribution is 6.33. The van der Waals surface area contributed by atoms with Gasteiger partial charge in [0.15, 0.2) is 11.6 Å². The lowest BCUT2D eigenvalue weighted by Crippen LogP contribution is -2.56. The van der Waals surface area contributed by atoms with Crippen LogP contribution in [0.3, 0.4) is 0 Å². The normalized spacial score (nSPS) is 16.3. The summed E-state index contributed by atoms with van der Waals surface area (Å²) in [4.78, 5) is 26.3. The van der Waals surface area contributed by atoms with Crippen LogP contribution < -0.4 is 19.9 Å². The summed E-state index contributed by atoms with van der Waals surface area (Å²) in [5, 5.41) is 17.3. The number of hydrogen-bond donors (Lipinski definition) is 2. The number of amides is 2. The minimum atomic E-state index is -1.14. The number of ether oxygens (including phenoxy) is 2. The molecule has 3 aromatic heterocycles. The summed E-state index contributed by atoms with van der Waals surface area (Å²) in [6.45, 7) is 4.91. The maximum absolute atomic E-state index is 13.4. The highest BCUT2D eigenvalue weighted by Crippen LogP contribution is 2.47. The molecule has 1 atom stereocenters. The minimum absolute atomic E-state index is 0.105. The first-order valence-corrected chi connectivity index (χ1v) is 12.6. The number of rotatable bonds is 9. The highest BCUT2D eigenvalue weighted by Gasteiger charge is 2.46. The van der Waals surface area contributed by atoms with Gasteiger partial charge < -0.3 is 24.8 Å². The van der Waals surface area contributed by atoms with E-state index in [-0.39, 0.29) is 12.2 Å². The second-order valence-electron chi connectivity index (χ2n) is 9.56. The number of anilines is 3. The van der Waals surface area contributed by atoms with Crippen LogP contribution >= 0.6 is 11.6 Å². The molecule has 5 rings (SSSR count). The van der Waals surface area contributed by atoms with Gasteiger partial charge in [0.1, 0.15) is 6.17 Å². The molecule has 0 spiro atoms. The maximum atomic E-state index is 13.4. The summed E-state index contributed by atoms with van der Waals surface area (Å²) in [5.74, 6) is -0.150. The van der Waals surface area contributed by atoms with E-state index in [2.05, 4.69) is 20.3 Å². The Hall–Kier alpha value is -3.41. The van der Waals surface area contributed by atoms with Gasteiger partial charge in [-0.15, -0.1) is 0 Å². The molecule has 1 saturated heterocycles. The number of urea groups is 1. The first-order valence-electron chi connectivity index (χ1n) is 12.2. The second kappa shape index (κ2) is 10.2. The number of pyridine rings is 2. The number of carbonyl (C=O) groups excluding carboxylic acids is 1. The number of unbranched alkanes of at least 4 members (excludes halogenated alkanes) is 1. The monoisotopic (exact) mass is 527 g/mol. The van der Waals surface area contributed by atoms with Gasteiger partial charge >= 0.3 is 6.03 Å². The van der Waals surface area contributed by atoms with Gasteiger partial charge in [0, 0.05) is 49.7 Å². The van der Waals surface area contributed by atoms with Crippen LogP contribution in [0.25, 0.3) is 11.3 Å². The molecule has 0 unspecified atom stereocenters. The van der Waals surface area contributed by atoms with Gasteiger partial charge in [0.05, 0.1) is 35.8 Å². The topological polar surface area (TPSA) is 118 Å². The van der Waals surface area contributed by atoms with E-state index in [1.54, 1.807) is 48.0 Å². The fraction of sp³-hybridized carbons (Fsp3) is 0.440. The molecule has 3 aromatic rings. The molecule has 11 nitrogen and oxygen atoms in total. The van der Waals surface area contributed by atoms with Crippen LogP contribution in [0.1, 0.15) is 33.1 Å². The molecule has 0 aromatic carbocycles. The van der Waals surface area contributed by atoms with Gasteiger partial charge in [-0.2, -0.15) is 5.10 Å². The Morgan fingerprint density at radius 1 is 1.30 bits per heavy atom. The SMILES string of the molecule is Cn1cc(-c2nc3c(cc2Cl)N2CC[C@@H]2N3C(=O)Nc2ccnc(OCCCCOC(C)(C)O)c2)cn1. The summed E-state index contributed by atoms with van der Waals surface area (Å²) < 4.78 is 12.7. The van der Waals surface area contributed by atoms with Crippen molar-refractivity contribution < 1.29 is 19.4 Å². The molecule has 0 saturated carbocycles. The van der Waals surface area contributed by atoms with E-state index in [0.29, 0.717) is 41.3 Å². The van der Waals surface area contributed by atoms with E-state index < -0.39 is 5.79 Å². The Labute approximate surface area is 220 Å². The molecule has 2 aliphatic rings. The predicted octanol–water partition coefficient (Wildman–Crippen LogP) is 4.02. The van der Waals surface area contributed by atoms with Crippen molar-refractivity contribution in [3.8, 4) is 17.1 Å². The number of aromatic nitrogens is 4. The predicted molar refractivity (Wildman–Crippen MR) is 140 cm³/mol. The first kappa shape index (κ1) is 25.2. The number of nitrogens with one attached hydrogen (secondary N) is 1. The maximum Gasteiger partial charge on any atom is 0.329 e. The van der Waals surface area contributed by atoms with E-state index in [4.69, 9.17) is 26.1 Å². The summed E-state index contributed by atoms with van der Waals surface area (Å²) in [7, 11) is 1.83. The fourth-order valence-electron chi connectivity index (χ4n) is 4.35. The lowest BCUT2D eigenvalue weighted by molar-refractivity contribution is -0.176. The van der Waals surface area contributed by atoms with Gasteiger partial charge in [-0.05, 0) is 38.8 Å².